The lowest BCUT2D eigenvalue weighted by atomic mass is 9.84. The monoisotopic (exact) mass is 299 g/mol. The van der Waals surface area contributed by atoms with Crippen LogP contribution in [0.25, 0.3) is 0 Å². The van der Waals surface area contributed by atoms with Crippen LogP contribution in [-0.4, -0.2) is 33.1 Å². The largest absolute Gasteiger partial charge is 0.471 e. The molecule has 0 fully saturated rings. The average molecular weight is 299 g/mol. The van der Waals surface area contributed by atoms with Gasteiger partial charge in [0.25, 0.3) is 10.1 Å². The third-order valence-electron chi connectivity index (χ3n) is 2.42. The maximum Gasteiger partial charge on any atom is 0.471 e. The first-order chi connectivity index (χ1) is 9.42. The lowest BCUT2D eigenvalue weighted by Gasteiger charge is -2.08. The normalized spacial score (nSPS) is 11.1. The third-order valence-corrected chi connectivity index (χ3v) is 3.75. The van der Waals surface area contributed by atoms with Crippen LogP contribution in [0.4, 0.5) is 0 Å². The summed E-state index contributed by atoms with van der Waals surface area (Å²) in [6.45, 7) is 0.431. The molecule has 0 aliphatic carbocycles. The van der Waals surface area contributed by atoms with Gasteiger partial charge in [0.15, 0.2) is 5.96 Å². The standard InChI is InChI=1S/C11H18BN3O4S/c13-11(14)15-9-5-4-8-12(16)19-20(17,18)10-6-2-1-3-7-10/h1-3,6-7,16H,4-5,8-9H2,(H4,13,14,15). The molecule has 0 saturated carbocycles. The molecule has 1 rings (SSSR count). The molecule has 0 aliphatic heterocycles. The Labute approximate surface area is 118 Å². The molecule has 9 heteroatoms. The Balaban J connectivity index is 2.39. The fraction of sp³-hybridized carbons (Fsp3) is 0.364. The van der Waals surface area contributed by atoms with Crippen LogP contribution in [0.5, 0.6) is 0 Å². The van der Waals surface area contributed by atoms with Crippen LogP contribution >= 0.6 is 0 Å². The number of hydrogen-bond acceptors (Lipinski definition) is 5. The summed E-state index contributed by atoms with van der Waals surface area (Å²) in [5.41, 5.74) is 10.3. The van der Waals surface area contributed by atoms with E-state index in [1.165, 1.54) is 12.1 Å². The van der Waals surface area contributed by atoms with Crippen molar-refractivity contribution >= 4 is 23.2 Å². The minimum absolute atomic E-state index is 0.00783. The Morgan fingerprint density at radius 3 is 2.50 bits per heavy atom. The van der Waals surface area contributed by atoms with E-state index in [-0.39, 0.29) is 17.2 Å². The molecule has 0 unspecified atom stereocenters. The second-order valence-electron chi connectivity index (χ2n) is 4.12. The van der Waals surface area contributed by atoms with E-state index < -0.39 is 17.2 Å². The summed E-state index contributed by atoms with van der Waals surface area (Å²) in [4.78, 5) is 3.79. The molecule has 7 nitrogen and oxygen atoms in total. The maximum absolute atomic E-state index is 11.8. The SMILES string of the molecule is NC(N)=NCCCCB(O)OS(=O)(=O)c1ccccc1. The topological polar surface area (TPSA) is 128 Å². The van der Waals surface area contributed by atoms with Gasteiger partial charge in [-0.05, 0) is 24.9 Å². The van der Waals surface area contributed by atoms with Crippen LogP contribution in [0.2, 0.25) is 6.32 Å². The Morgan fingerprint density at radius 2 is 1.90 bits per heavy atom. The van der Waals surface area contributed by atoms with Crippen molar-refractivity contribution in [1.82, 2.24) is 0 Å². The molecule has 0 bridgehead atoms. The molecule has 0 amide bonds. The van der Waals surface area contributed by atoms with Crippen molar-refractivity contribution in [2.24, 2.45) is 16.5 Å². The van der Waals surface area contributed by atoms with Crippen molar-refractivity contribution < 1.29 is 17.5 Å². The summed E-state index contributed by atoms with van der Waals surface area (Å²) in [5, 5.41) is 9.57. The average Bonchev–Trinajstić information content (AvgIpc) is 2.38. The van der Waals surface area contributed by atoms with Gasteiger partial charge in [0.1, 0.15) is 0 Å². The summed E-state index contributed by atoms with van der Waals surface area (Å²) in [5.74, 6) is 0.00783. The van der Waals surface area contributed by atoms with Crippen molar-refractivity contribution in [1.29, 1.82) is 0 Å². The predicted molar refractivity (Wildman–Crippen MR) is 77.4 cm³/mol. The van der Waals surface area contributed by atoms with Gasteiger partial charge in [0, 0.05) is 6.54 Å². The second-order valence-corrected chi connectivity index (χ2v) is 5.69. The summed E-state index contributed by atoms with van der Waals surface area (Å²) >= 11 is 0. The van der Waals surface area contributed by atoms with Crippen molar-refractivity contribution in [3.05, 3.63) is 30.3 Å². The molecular formula is C11H18BN3O4S. The van der Waals surface area contributed by atoms with Gasteiger partial charge in [-0.2, -0.15) is 8.42 Å². The van der Waals surface area contributed by atoms with Crippen molar-refractivity contribution in [3.63, 3.8) is 0 Å². The maximum atomic E-state index is 11.8. The van der Waals surface area contributed by atoms with Gasteiger partial charge < -0.3 is 16.5 Å². The van der Waals surface area contributed by atoms with Gasteiger partial charge in [0.2, 0.25) is 0 Å². The fourth-order valence-electron chi connectivity index (χ4n) is 1.48. The number of hydrogen-bond donors (Lipinski definition) is 3. The molecule has 1 aromatic rings. The molecule has 0 radical (unpaired) electrons. The number of nitrogens with zero attached hydrogens (tertiary/aromatic N) is 1. The van der Waals surface area contributed by atoms with Gasteiger partial charge in [-0.15, -0.1) is 0 Å². The molecule has 0 saturated heterocycles. The van der Waals surface area contributed by atoms with Crippen LogP contribution < -0.4 is 11.5 Å². The third kappa shape index (κ3) is 6.05. The highest BCUT2D eigenvalue weighted by molar-refractivity contribution is 7.87. The Hall–Kier alpha value is -1.58. The first kappa shape index (κ1) is 16.5. The molecule has 5 N–H and O–H groups in total. The van der Waals surface area contributed by atoms with Crippen LogP contribution in [0, 0.1) is 0 Å². The second kappa shape index (κ2) is 7.88. The van der Waals surface area contributed by atoms with Crippen molar-refractivity contribution in [3.8, 4) is 0 Å². The highest BCUT2D eigenvalue weighted by Crippen LogP contribution is 2.13. The fourth-order valence-corrected chi connectivity index (χ4v) is 2.47. The van der Waals surface area contributed by atoms with E-state index in [9.17, 15) is 13.4 Å². The van der Waals surface area contributed by atoms with Gasteiger partial charge in [-0.3, -0.25) is 9.09 Å². The van der Waals surface area contributed by atoms with Crippen molar-refractivity contribution in [2.45, 2.75) is 24.1 Å². The Kier molecular flexibility index (Phi) is 6.49. The molecule has 0 heterocycles. The van der Waals surface area contributed by atoms with E-state index >= 15 is 0 Å². The number of guanidine groups is 1. The molecule has 20 heavy (non-hydrogen) atoms. The van der Waals surface area contributed by atoms with Gasteiger partial charge in [0.05, 0.1) is 4.90 Å². The van der Waals surface area contributed by atoms with E-state index in [0.717, 1.165) is 0 Å². The zero-order valence-corrected chi connectivity index (χ0v) is 11.8. The minimum atomic E-state index is -3.93. The molecule has 1 aromatic carbocycles. The number of aliphatic imine (C=N–C) groups is 1. The number of rotatable bonds is 8. The molecule has 0 aromatic heterocycles. The minimum Gasteiger partial charge on any atom is -0.426 e. The molecule has 0 spiro atoms. The lowest BCUT2D eigenvalue weighted by Crippen LogP contribution is -2.23. The number of benzene rings is 1. The van der Waals surface area contributed by atoms with Gasteiger partial charge in [-0.1, -0.05) is 24.6 Å². The summed E-state index contributed by atoms with van der Waals surface area (Å²) < 4.78 is 28.3. The molecule has 110 valence electrons. The quantitative estimate of drug-likeness (QED) is 0.267. The van der Waals surface area contributed by atoms with Gasteiger partial charge >= 0.3 is 7.12 Å². The lowest BCUT2D eigenvalue weighted by molar-refractivity contribution is 0.401. The van der Waals surface area contributed by atoms with E-state index in [4.69, 9.17) is 15.6 Å². The molecule has 0 atom stereocenters. The van der Waals surface area contributed by atoms with E-state index in [1.807, 2.05) is 0 Å². The van der Waals surface area contributed by atoms with E-state index in [2.05, 4.69) is 4.99 Å². The van der Waals surface area contributed by atoms with Crippen molar-refractivity contribution in [2.75, 3.05) is 6.54 Å². The van der Waals surface area contributed by atoms with E-state index in [1.54, 1.807) is 18.2 Å². The highest BCUT2D eigenvalue weighted by atomic mass is 32.2. The Morgan fingerprint density at radius 1 is 1.25 bits per heavy atom. The zero-order valence-electron chi connectivity index (χ0n) is 11.0. The zero-order chi connectivity index (χ0) is 15.0. The first-order valence-corrected chi connectivity index (χ1v) is 7.54. The van der Waals surface area contributed by atoms with E-state index in [0.29, 0.717) is 19.4 Å². The van der Waals surface area contributed by atoms with Crippen LogP contribution in [0.3, 0.4) is 0 Å². The predicted octanol–water partition coefficient (Wildman–Crippen LogP) is -0.0740. The van der Waals surface area contributed by atoms with Crippen LogP contribution in [0.15, 0.2) is 40.2 Å². The number of nitrogens with two attached hydrogens (primary N) is 2. The summed E-state index contributed by atoms with van der Waals surface area (Å²) in [6, 6.07) is 7.66. The van der Waals surface area contributed by atoms with Gasteiger partial charge in [-0.25, -0.2) is 0 Å². The highest BCUT2D eigenvalue weighted by Gasteiger charge is 2.23. The molecule has 0 aliphatic rings. The summed E-state index contributed by atoms with van der Waals surface area (Å²) in [7, 11) is -5.31. The summed E-state index contributed by atoms with van der Waals surface area (Å²) in [6.07, 6.45) is 1.36. The molecular weight excluding hydrogens is 281 g/mol. The van der Waals surface area contributed by atoms with Crippen LogP contribution in [0.1, 0.15) is 12.8 Å². The number of unbranched alkanes of at least 4 members (excludes halogenated alkanes) is 1. The Bertz CT molecular complexity index is 532. The smallest absolute Gasteiger partial charge is 0.426 e. The van der Waals surface area contributed by atoms with Crippen LogP contribution in [-0.2, 0) is 14.2 Å². The first-order valence-electron chi connectivity index (χ1n) is 6.13.